The molecule has 2 amide bonds. The molecule has 12 heteroatoms. The summed E-state index contributed by atoms with van der Waals surface area (Å²) in [6.45, 7) is 8.14. The van der Waals surface area contributed by atoms with Crippen molar-refractivity contribution >= 4 is 39.8 Å². The number of nitrogens with one attached hydrogen (secondary N) is 1. The first kappa shape index (κ1) is 29.8. The molecule has 11 nitrogen and oxygen atoms in total. The molecule has 4 rings (SSSR count). The van der Waals surface area contributed by atoms with E-state index < -0.39 is 5.91 Å². The standard InChI is InChI=1S/C28H37N5O6S/c1-19-16-32(11-12-33(19)20(2)34)17-24-15-29-28(40-24)30-27(36)26(31-39-23-10-14-38-18-23)22-8-6-21(7-9-22)25(35)5-4-13-37-3/h6-9,15,19,23H,4-5,10-14,16-18H2,1-3H3,(H,29,30,36)/b31-26+/t19-,23-/m0/s1. The minimum absolute atomic E-state index is 0.0123. The molecule has 0 bridgehead atoms. The van der Waals surface area contributed by atoms with Crippen molar-refractivity contribution in [2.45, 2.75) is 51.8 Å². The molecule has 2 atom stereocenters. The maximum absolute atomic E-state index is 13.3. The number of Topliss-reactive ketones (excluding diaryl/α,β-unsaturated/α-hetero) is 1. The van der Waals surface area contributed by atoms with Crippen molar-refractivity contribution in [3.05, 3.63) is 46.5 Å². The van der Waals surface area contributed by atoms with Crippen molar-refractivity contribution in [3.8, 4) is 0 Å². The molecule has 40 heavy (non-hydrogen) atoms. The van der Waals surface area contributed by atoms with Crippen LogP contribution in [0.4, 0.5) is 5.13 Å². The van der Waals surface area contributed by atoms with Crippen molar-refractivity contribution in [2.75, 3.05) is 51.9 Å². The second kappa shape index (κ2) is 14.4. The summed E-state index contributed by atoms with van der Waals surface area (Å²) in [5.41, 5.74) is 1.18. The molecule has 1 aromatic heterocycles. The first-order chi connectivity index (χ1) is 19.3. The Hall–Kier alpha value is -3.19. The molecule has 1 N–H and O–H groups in total. The molecule has 3 heterocycles. The van der Waals surface area contributed by atoms with Gasteiger partial charge < -0.3 is 19.2 Å². The highest BCUT2D eigenvalue weighted by molar-refractivity contribution is 7.15. The van der Waals surface area contributed by atoms with Crippen LogP contribution in [0.2, 0.25) is 0 Å². The van der Waals surface area contributed by atoms with E-state index in [1.807, 2.05) is 4.90 Å². The summed E-state index contributed by atoms with van der Waals surface area (Å²) in [6.07, 6.45) is 3.27. The Morgan fingerprint density at radius 3 is 2.65 bits per heavy atom. The number of carbonyl (C=O) groups excluding carboxylic acids is 3. The number of piperazine rings is 1. The van der Waals surface area contributed by atoms with Crippen LogP contribution in [-0.4, -0.2) is 96.8 Å². The fourth-order valence-electron chi connectivity index (χ4n) is 4.74. The molecule has 2 aliphatic rings. The fourth-order valence-corrected chi connectivity index (χ4v) is 5.59. The summed E-state index contributed by atoms with van der Waals surface area (Å²) in [7, 11) is 1.61. The van der Waals surface area contributed by atoms with Crippen LogP contribution in [0.3, 0.4) is 0 Å². The Balaban J connectivity index is 1.41. The van der Waals surface area contributed by atoms with Gasteiger partial charge in [0, 0.05) is 87.9 Å². The van der Waals surface area contributed by atoms with Gasteiger partial charge in [0.1, 0.15) is 0 Å². The van der Waals surface area contributed by atoms with Gasteiger partial charge in [-0.15, -0.1) is 11.3 Å². The van der Waals surface area contributed by atoms with Crippen molar-refractivity contribution in [1.82, 2.24) is 14.8 Å². The Kier molecular flexibility index (Phi) is 10.8. The average Bonchev–Trinajstić information content (AvgIpc) is 3.61. The zero-order valence-electron chi connectivity index (χ0n) is 23.3. The highest BCUT2D eigenvalue weighted by Crippen LogP contribution is 2.22. The van der Waals surface area contributed by atoms with Gasteiger partial charge in [-0.2, -0.15) is 0 Å². The maximum Gasteiger partial charge on any atom is 0.280 e. The number of anilines is 1. The number of rotatable bonds is 12. The lowest BCUT2D eigenvalue weighted by Crippen LogP contribution is -2.52. The third kappa shape index (κ3) is 8.17. The van der Waals surface area contributed by atoms with E-state index in [9.17, 15) is 14.4 Å². The van der Waals surface area contributed by atoms with Crippen molar-refractivity contribution in [3.63, 3.8) is 0 Å². The van der Waals surface area contributed by atoms with Crippen LogP contribution >= 0.6 is 11.3 Å². The van der Waals surface area contributed by atoms with E-state index in [0.717, 1.165) is 18.0 Å². The van der Waals surface area contributed by atoms with E-state index in [4.69, 9.17) is 14.3 Å². The van der Waals surface area contributed by atoms with Gasteiger partial charge in [-0.25, -0.2) is 4.98 Å². The zero-order chi connectivity index (χ0) is 28.5. The minimum Gasteiger partial charge on any atom is -0.389 e. The second-order valence-electron chi connectivity index (χ2n) is 10.0. The molecule has 0 spiro atoms. The summed E-state index contributed by atoms with van der Waals surface area (Å²) < 4.78 is 10.4. The van der Waals surface area contributed by atoms with Crippen molar-refractivity contribution < 1.29 is 28.7 Å². The van der Waals surface area contributed by atoms with Crippen LogP contribution < -0.4 is 5.32 Å². The molecule has 2 fully saturated rings. The Morgan fingerprint density at radius 1 is 1.20 bits per heavy atom. The number of ether oxygens (including phenoxy) is 2. The van der Waals surface area contributed by atoms with Gasteiger partial charge in [-0.05, 0) is 13.3 Å². The van der Waals surface area contributed by atoms with Gasteiger partial charge in [-0.1, -0.05) is 29.4 Å². The van der Waals surface area contributed by atoms with E-state index in [1.54, 1.807) is 44.5 Å². The van der Waals surface area contributed by atoms with Gasteiger partial charge in [0.2, 0.25) is 5.91 Å². The highest BCUT2D eigenvalue weighted by atomic mass is 32.1. The number of oxime groups is 1. The molecule has 0 unspecified atom stereocenters. The largest absolute Gasteiger partial charge is 0.389 e. The van der Waals surface area contributed by atoms with Crippen molar-refractivity contribution in [2.24, 2.45) is 5.16 Å². The predicted octanol–water partition coefficient (Wildman–Crippen LogP) is 2.95. The molecule has 2 aliphatic heterocycles. The van der Waals surface area contributed by atoms with Gasteiger partial charge in [-0.3, -0.25) is 24.6 Å². The number of thiazole rings is 1. The molecule has 0 radical (unpaired) electrons. The summed E-state index contributed by atoms with van der Waals surface area (Å²) >= 11 is 1.40. The maximum atomic E-state index is 13.3. The van der Waals surface area contributed by atoms with Crippen LogP contribution in [0, 0.1) is 0 Å². The number of hydrogen-bond donors (Lipinski definition) is 1. The monoisotopic (exact) mass is 571 g/mol. The second-order valence-corrected chi connectivity index (χ2v) is 11.1. The molecule has 2 aromatic rings. The number of nitrogens with zero attached hydrogens (tertiary/aromatic N) is 4. The summed E-state index contributed by atoms with van der Waals surface area (Å²) in [6, 6.07) is 6.94. The van der Waals surface area contributed by atoms with E-state index in [2.05, 4.69) is 27.3 Å². The van der Waals surface area contributed by atoms with Crippen LogP contribution in [0.1, 0.15) is 53.9 Å². The first-order valence-corrected chi connectivity index (χ1v) is 14.4. The smallest absolute Gasteiger partial charge is 0.280 e. The van der Waals surface area contributed by atoms with Gasteiger partial charge in [0.15, 0.2) is 22.7 Å². The zero-order valence-corrected chi connectivity index (χ0v) is 24.1. The third-order valence-corrected chi connectivity index (χ3v) is 7.80. The Labute approximate surface area is 238 Å². The van der Waals surface area contributed by atoms with Crippen LogP contribution in [-0.2, 0) is 30.4 Å². The Morgan fingerprint density at radius 2 is 1.98 bits per heavy atom. The predicted molar refractivity (Wildman–Crippen MR) is 152 cm³/mol. The number of hydrogen-bond acceptors (Lipinski definition) is 10. The quantitative estimate of drug-likeness (QED) is 0.179. The van der Waals surface area contributed by atoms with Crippen LogP contribution in [0.25, 0.3) is 0 Å². The first-order valence-electron chi connectivity index (χ1n) is 13.5. The molecule has 0 aliphatic carbocycles. The number of benzene rings is 1. The Bertz CT molecular complexity index is 1190. The molecule has 216 valence electrons. The van der Waals surface area contributed by atoms with Crippen molar-refractivity contribution in [1.29, 1.82) is 0 Å². The molecule has 1 aromatic carbocycles. The lowest BCUT2D eigenvalue weighted by Gasteiger charge is -2.39. The molecular formula is C28H37N5O6S. The van der Waals surface area contributed by atoms with Crippen LogP contribution in [0.5, 0.6) is 0 Å². The normalized spacial score (nSPS) is 20.0. The van der Waals surface area contributed by atoms with E-state index in [-0.39, 0.29) is 29.5 Å². The number of carbonyl (C=O) groups is 3. The SMILES string of the molecule is COCCCC(=O)c1ccc(/C(=N\O[C@H]2CCOC2)C(=O)Nc2ncc(CN3CCN(C(C)=O)[C@@H](C)C3)s2)cc1. The summed E-state index contributed by atoms with van der Waals surface area (Å²) in [4.78, 5) is 52.8. The molecular weight excluding hydrogens is 534 g/mol. The topological polar surface area (TPSA) is 123 Å². The lowest BCUT2D eigenvalue weighted by atomic mass is 10.0. The number of aromatic nitrogens is 1. The number of amides is 2. The highest BCUT2D eigenvalue weighted by Gasteiger charge is 2.26. The summed E-state index contributed by atoms with van der Waals surface area (Å²) in [5, 5.41) is 7.50. The third-order valence-electron chi connectivity index (χ3n) is 6.90. The van der Waals surface area contributed by atoms with E-state index in [0.29, 0.717) is 68.4 Å². The number of ketones is 1. The van der Waals surface area contributed by atoms with E-state index >= 15 is 0 Å². The number of methoxy groups -OCH3 is 1. The van der Waals surface area contributed by atoms with E-state index in [1.165, 1.54) is 11.3 Å². The lowest BCUT2D eigenvalue weighted by molar-refractivity contribution is -0.133. The van der Waals surface area contributed by atoms with Gasteiger partial charge >= 0.3 is 0 Å². The minimum atomic E-state index is -0.456. The fraction of sp³-hybridized carbons (Fsp3) is 0.536. The van der Waals surface area contributed by atoms with Gasteiger partial charge in [0.25, 0.3) is 5.91 Å². The summed E-state index contributed by atoms with van der Waals surface area (Å²) in [5.74, 6) is -0.346. The van der Waals surface area contributed by atoms with Gasteiger partial charge in [0.05, 0.1) is 13.2 Å². The average molecular weight is 572 g/mol. The van der Waals surface area contributed by atoms with Crippen LogP contribution in [0.15, 0.2) is 35.6 Å². The molecule has 2 saturated heterocycles. The molecule has 0 saturated carbocycles.